The molecule has 1 saturated heterocycles. The lowest BCUT2D eigenvalue weighted by Crippen LogP contribution is -2.59. The fourth-order valence-corrected chi connectivity index (χ4v) is 8.34. The average molecular weight is 729 g/mol. The van der Waals surface area contributed by atoms with Crippen LogP contribution in [0.15, 0.2) is 48.4 Å². The SMILES string of the molecule is C=CC1CC1(CC(=O)NS(=O)(=O)C1CC1)NC(=O)[C@@H]1CC(Nc2nc(-c3ccccc3)cs2)CN1C(=O)[C@@H](NC(=O)OC(C)(C)C)C(C)(C)C. The number of likely N-dealkylation sites (tertiary alicyclic amines) is 1. The average Bonchev–Trinajstić information content (AvgIpc) is 3.88. The highest BCUT2D eigenvalue weighted by molar-refractivity contribution is 7.90. The number of nitrogens with one attached hydrogen (secondary N) is 4. The van der Waals surface area contributed by atoms with Crippen molar-refractivity contribution in [2.45, 2.75) is 108 Å². The molecule has 272 valence electrons. The minimum Gasteiger partial charge on any atom is -0.444 e. The van der Waals surface area contributed by atoms with Crippen LogP contribution in [-0.4, -0.2) is 83.2 Å². The van der Waals surface area contributed by atoms with Gasteiger partial charge in [-0.3, -0.25) is 19.1 Å². The maximum atomic E-state index is 14.4. The Kier molecular flexibility index (Phi) is 10.4. The van der Waals surface area contributed by atoms with Crippen LogP contribution in [0.3, 0.4) is 0 Å². The molecular weight excluding hydrogens is 681 g/mol. The van der Waals surface area contributed by atoms with Gasteiger partial charge < -0.3 is 25.6 Å². The predicted octanol–water partition coefficient (Wildman–Crippen LogP) is 4.19. The van der Waals surface area contributed by atoms with E-state index in [2.05, 4.69) is 27.3 Å². The fourth-order valence-electron chi connectivity index (χ4n) is 6.23. The molecule has 3 fully saturated rings. The smallest absolute Gasteiger partial charge is 0.408 e. The molecule has 1 aromatic carbocycles. The monoisotopic (exact) mass is 728 g/mol. The normalized spacial score (nSPS) is 24.1. The van der Waals surface area contributed by atoms with Crippen LogP contribution < -0.4 is 20.7 Å². The van der Waals surface area contributed by atoms with Crippen molar-refractivity contribution in [2.75, 3.05) is 11.9 Å². The number of rotatable bonds is 12. The second-order valence-electron chi connectivity index (χ2n) is 15.6. The standard InChI is InChI=1S/C35H48N6O7S2/c1-8-22-17-35(22,18-27(42)40-50(46,47)24-14-15-24)39-29(43)26-16-23(36-31-37-25(20-49-31)21-12-10-9-11-13-21)19-41(26)30(44)28(33(2,3)4)38-32(45)48-34(5,6)7/h8-13,20,22-24,26,28H,1,14-19H2,2-7H3,(H,36,37)(H,38,45)(H,39,43)(H,40,42)/t22?,23?,26-,28+,35?/m0/s1. The van der Waals surface area contributed by atoms with E-state index in [9.17, 15) is 27.6 Å². The van der Waals surface area contributed by atoms with Crippen molar-refractivity contribution in [1.29, 1.82) is 0 Å². The molecule has 5 atom stereocenters. The van der Waals surface area contributed by atoms with Crippen LogP contribution in [0, 0.1) is 11.3 Å². The number of hydrogen-bond acceptors (Lipinski definition) is 10. The van der Waals surface area contributed by atoms with Crippen molar-refractivity contribution in [1.82, 2.24) is 25.2 Å². The highest BCUT2D eigenvalue weighted by atomic mass is 32.2. The van der Waals surface area contributed by atoms with E-state index in [4.69, 9.17) is 9.72 Å². The van der Waals surface area contributed by atoms with Crippen molar-refractivity contribution in [3.8, 4) is 11.3 Å². The molecule has 2 saturated carbocycles. The summed E-state index contributed by atoms with van der Waals surface area (Å²) in [6.07, 6.45) is 2.26. The molecule has 3 unspecified atom stereocenters. The summed E-state index contributed by atoms with van der Waals surface area (Å²) in [5.74, 6) is -1.91. The highest BCUT2D eigenvalue weighted by Crippen LogP contribution is 2.47. The summed E-state index contributed by atoms with van der Waals surface area (Å²) in [6, 6.07) is 7.34. The Balaban J connectivity index is 1.37. The number of amides is 4. The lowest BCUT2D eigenvalue weighted by molar-refractivity contribution is -0.142. The minimum absolute atomic E-state index is 0.137. The van der Waals surface area contributed by atoms with Gasteiger partial charge >= 0.3 is 6.09 Å². The van der Waals surface area contributed by atoms with Crippen LogP contribution in [0.4, 0.5) is 9.93 Å². The van der Waals surface area contributed by atoms with E-state index in [1.165, 1.54) is 16.2 Å². The van der Waals surface area contributed by atoms with Gasteiger partial charge in [0.05, 0.1) is 22.9 Å². The molecule has 1 aromatic heterocycles. The van der Waals surface area contributed by atoms with Crippen molar-refractivity contribution >= 4 is 50.3 Å². The summed E-state index contributed by atoms with van der Waals surface area (Å²) >= 11 is 1.41. The second kappa shape index (κ2) is 14.0. The van der Waals surface area contributed by atoms with Gasteiger partial charge in [0.15, 0.2) is 5.13 Å². The Labute approximate surface area is 298 Å². The Morgan fingerprint density at radius 3 is 2.38 bits per heavy atom. The third-order valence-electron chi connectivity index (χ3n) is 9.05. The van der Waals surface area contributed by atoms with Crippen molar-refractivity contribution in [3.05, 3.63) is 48.4 Å². The van der Waals surface area contributed by atoms with Gasteiger partial charge in [-0.2, -0.15) is 0 Å². The number of ether oxygens (including phenoxy) is 1. The van der Waals surface area contributed by atoms with Crippen LogP contribution >= 0.6 is 11.3 Å². The van der Waals surface area contributed by atoms with Gasteiger partial charge in [0.25, 0.3) is 0 Å². The largest absolute Gasteiger partial charge is 0.444 e. The Morgan fingerprint density at radius 1 is 1.12 bits per heavy atom. The third kappa shape index (κ3) is 9.02. The first-order valence-electron chi connectivity index (χ1n) is 16.9. The van der Waals surface area contributed by atoms with Crippen LogP contribution in [0.2, 0.25) is 0 Å². The van der Waals surface area contributed by atoms with Gasteiger partial charge in [-0.25, -0.2) is 18.2 Å². The van der Waals surface area contributed by atoms with E-state index in [1.54, 1.807) is 26.8 Å². The Morgan fingerprint density at radius 2 is 1.80 bits per heavy atom. The molecule has 5 rings (SSSR count). The van der Waals surface area contributed by atoms with Gasteiger partial charge in [-0.15, -0.1) is 17.9 Å². The molecule has 0 bridgehead atoms. The molecular formula is C35H48N6O7S2. The molecule has 4 amide bonds. The maximum absolute atomic E-state index is 14.4. The van der Waals surface area contributed by atoms with Gasteiger partial charge in [0.2, 0.25) is 27.7 Å². The number of nitrogens with zero attached hydrogens (tertiary/aromatic N) is 2. The van der Waals surface area contributed by atoms with Crippen molar-refractivity contribution in [2.24, 2.45) is 11.3 Å². The Bertz CT molecular complexity index is 1730. The van der Waals surface area contributed by atoms with Gasteiger partial charge in [-0.05, 0) is 51.9 Å². The summed E-state index contributed by atoms with van der Waals surface area (Å²) < 4.78 is 32.5. The number of carbonyl (C=O) groups is 4. The van der Waals surface area contributed by atoms with Gasteiger partial charge in [0, 0.05) is 29.4 Å². The summed E-state index contributed by atoms with van der Waals surface area (Å²) in [5, 5.41) is 11.1. The van der Waals surface area contributed by atoms with E-state index >= 15 is 0 Å². The van der Waals surface area contributed by atoms with Crippen molar-refractivity contribution in [3.63, 3.8) is 0 Å². The molecule has 0 radical (unpaired) electrons. The highest BCUT2D eigenvalue weighted by Gasteiger charge is 2.57. The topological polar surface area (TPSA) is 176 Å². The van der Waals surface area contributed by atoms with E-state index in [0.717, 1.165) is 11.3 Å². The van der Waals surface area contributed by atoms with Crippen LogP contribution in [0.25, 0.3) is 11.3 Å². The zero-order chi connectivity index (χ0) is 36.6. The number of anilines is 1. The lowest BCUT2D eigenvalue weighted by atomic mass is 9.85. The molecule has 4 N–H and O–H groups in total. The number of thiazole rings is 1. The number of benzene rings is 1. The summed E-state index contributed by atoms with van der Waals surface area (Å²) in [5.41, 5.74) is -0.838. The molecule has 2 aliphatic carbocycles. The van der Waals surface area contributed by atoms with Crippen LogP contribution in [0.5, 0.6) is 0 Å². The first kappa shape index (κ1) is 37.3. The molecule has 2 heterocycles. The van der Waals surface area contributed by atoms with Gasteiger partial charge in [0.1, 0.15) is 17.7 Å². The molecule has 3 aliphatic rings. The number of aromatic nitrogens is 1. The molecule has 1 aliphatic heterocycles. The van der Waals surface area contributed by atoms with Gasteiger partial charge in [-0.1, -0.05) is 57.2 Å². The predicted molar refractivity (Wildman–Crippen MR) is 192 cm³/mol. The minimum atomic E-state index is -3.77. The summed E-state index contributed by atoms with van der Waals surface area (Å²) in [6.45, 7) is 14.6. The van der Waals surface area contributed by atoms with Crippen molar-refractivity contribution < 1.29 is 32.3 Å². The van der Waals surface area contributed by atoms with Crippen LogP contribution in [0.1, 0.15) is 73.6 Å². The molecule has 50 heavy (non-hydrogen) atoms. The summed E-state index contributed by atoms with van der Waals surface area (Å²) in [7, 11) is -3.77. The van der Waals surface area contributed by atoms with E-state index in [1.807, 2.05) is 56.5 Å². The van der Waals surface area contributed by atoms with E-state index in [0.29, 0.717) is 24.4 Å². The summed E-state index contributed by atoms with van der Waals surface area (Å²) in [4.78, 5) is 60.6. The van der Waals surface area contributed by atoms with E-state index in [-0.39, 0.29) is 31.3 Å². The zero-order valence-corrected chi connectivity index (χ0v) is 31.1. The molecule has 0 spiro atoms. The lowest BCUT2D eigenvalue weighted by Gasteiger charge is -2.36. The molecule has 15 heteroatoms. The number of hydrogen-bond donors (Lipinski definition) is 4. The maximum Gasteiger partial charge on any atom is 0.408 e. The number of sulfonamides is 1. The first-order valence-corrected chi connectivity index (χ1v) is 19.3. The molecule has 2 aromatic rings. The third-order valence-corrected chi connectivity index (χ3v) is 11.7. The fraction of sp³-hybridized carbons (Fsp3) is 0.571. The van der Waals surface area contributed by atoms with E-state index < -0.39 is 67.7 Å². The number of alkyl carbamates (subject to hydrolysis) is 1. The number of carbonyl (C=O) groups excluding carboxylic acids is 4. The quantitative estimate of drug-likeness (QED) is 0.234. The zero-order valence-electron chi connectivity index (χ0n) is 29.4. The van der Waals surface area contributed by atoms with Crippen LogP contribution in [-0.2, 0) is 29.1 Å². The molecule has 13 nitrogen and oxygen atoms in total. The first-order chi connectivity index (χ1) is 23.3. The second-order valence-corrected chi connectivity index (χ2v) is 18.4. The Hall–Kier alpha value is -3.98.